The van der Waals surface area contributed by atoms with Crippen LogP contribution in [0.3, 0.4) is 0 Å². The lowest BCUT2D eigenvalue weighted by molar-refractivity contribution is -0.162. The lowest BCUT2D eigenvalue weighted by Crippen LogP contribution is -2.40. The molecule has 0 radical (unpaired) electrons. The Morgan fingerprint density at radius 2 is 1.71 bits per heavy atom. The Hall–Kier alpha value is -0.570. The van der Waals surface area contributed by atoms with Crippen LogP contribution in [-0.2, 0) is 9.53 Å². The van der Waals surface area contributed by atoms with E-state index in [4.69, 9.17) is 9.84 Å². The summed E-state index contributed by atoms with van der Waals surface area (Å²) in [7, 11) is 0. The van der Waals surface area contributed by atoms with Crippen molar-refractivity contribution in [1.82, 2.24) is 0 Å². The molecule has 3 nitrogen and oxygen atoms in total. The monoisotopic (exact) mass is 202 g/mol. The number of carbonyl (C=O) groups is 1. The van der Waals surface area contributed by atoms with Crippen LogP contribution in [0.15, 0.2) is 0 Å². The maximum Gasteiger partial charge on any atom is 0.312 e. The van der Waals surface area contributed by atoms with E-state index >= 15 is 0 Å². The van der Waals surface area contributed by atoms with Crippen molar-refractivity contribution in [2.75, 3.05) is 13.2 Å². The third-order valence-corrected chi connectivity index (χ3v) is 3.16. The zero-order chi connectivity index (χ0) is 11.4. The van der Waals surface area contributed by atoms with Gasteiger partial charge in [0, 0.05) is 0 Å². The molecule has 0 spiro atoms. The molecule has 0 atom stereocenters. The van der Waals surface area contributed by atoms with E-state index in [1.54, 1.807) is 0 Å². The van der Waals surface area contributed by atoms with E-state index in [2.05, 4.69) is 0 Å². The fourth-order valence-corrected chi connectivity index (χ4v) is 1.43. The van der Waals surface area contributed by atoms with Gasteiger partial charge in [-0.2, -0.15) is 0 Å². The molecule has 0 saturated carbocycles. The highest BCUT2D eigenvalue weighted by molar-refractivity contribution is 5.77. The third kappa shape index (κ3) is 2.71. The molecule has 0 unspecified atom stereocenters. The molecule has 0 fully saturated rings. The topological polar surface area (TPSA) is 46.5 Å². The number of rotatable bonds is 5. The smallest absolute Gasteiger partial charge is 0.312 e. The lowest BCUT2D eigenvalue weighted by Gasteiger charge is -2.35. The summed E-state index contributed by atoms with van der Waals surface area (Å²) in [6.45, 7) is 9.95. The second-order valence-corrected chi connectivity index (χ2v) is 4.45. The summed E-state index contributed by atoms with van der Waals surface area (Å²) in [5.74, 6) is 0.249. The first-order valence-corrected chi connectivity index (χ1v) is 5.15. The highest BCUT2D eigenvalue weighted by atomic mass is 16.5. The van der Waals surface area contributed by atoms with Crippen LogP contribution in [0.25, 0.3) is 0 Å². The van der Waals surface area contributed by atoms with E-state index in [1.807, 2.05) is 34.6 Å². The van der Waals surface area contributed by atoms with Gasteiger partial charge >= 0.3 is 5.97 Å². The molecule has 0 saturated heterocycles. The summed E-state index contributed by atoms with van der Waals surface area (Å²) in [6, 6.07) is 0. The van der Waals surface area contributed by atoms with Gasteiger partial charge in [-0.15, -0.1) is 0 Å². The quantitative estimate of drug-likeness (QED) is 0.692. The number of aliphatic hydroxyl groups is 1. The van der Waals surface area contributed by atoms with Crippen molar-refractivity contribution >= 4 is 5.97 Å². The van der Waals surface area contributed by atoms with Gasteiger partial charge in [0.05, 0.1) is 12.0 Å². The van der Waals surface area contributed by atoms with Gasteiger partial charge in [0.2, 0.25) is 0 Å². The second kappa shape index (κ2) is 5.35. The van der Waals surface area contributed by atoms with Crippen molar-refractivity contribution in [3.05, 3.63) is 0 Å². The van der Waals surface area contributed by atoms with Gasteiger partial charge in [-0.25, -0.2) is 0 Å². The van der Waals surface area contributed by atoms with Gasteiger partial charge in [0.1, 0.15) is 6.61 Å². The molecule has 3 heteroatoms. The van der Waals surface area contributed by atoms with Gasteiger partial charge in [-0.05, 0) is 18.8 Å². The van der Waals surface area contributed by atoms with E-state index in [0.717, 1.165) is 0 Å². The normalized spacial score (nSPS) is 12.3. The summed E-state index contributed by atoms with van der Waals surface area (Å²) >= 11 is 0. The van der Waals surface area contributed by atoms with Gasteiger partial charge in [-0.1, -0.05) is 27.7 Å². The van der Waals surface area contributed by atoms with Crippen molar-refractivity contribution < 1.29 is 14.6 Å². The molecule has 0 amide bonds. The Kier molecular flexibility index (Phi) is 5.13. The van der Waals surface area contributed by atoms with Gasteiger partial charge in [-0.3, -0.25) is 4.79 Å². The van der Waals surface area contributed by atoms with E-state index in [0.29, 0.717) is 0 Å². The molecular weight excluding hydrogens is 180 g/mol. The molecular formula is C11H22O3. The van der Waals surface area contributed by atoms with E-state index < -0.39 is 5.41 Å². The summed E-state index contributed by atoms with van der Waals surface area (Å²) in [6.07, 6.45) is 0. The summed E-state index contributed by atoms with van der Waals surface area (Å²) in [5, 5.41) is 8.58. The number of carbonyl (C=O) groups excluding carboxylic acids is 1. The molecule has 0 aliphatic heterocycles. The number of esters is 1. The standard InChI is InChI=1S/C11H22O3/c1-8(2)11(5,9(3)4)10(13)14-7-6-12/h8-9,12H,6-7H2,1-5H3. The zero-order valence-corrected chi connectivity index (χ0v) is 9.83. The van der Waals surface area contributed by atoms with Crippen molar-refractivity contribution in [3.8, 4) is 0 Å². The van der Waals surface area contributed by atoms with Crippen LogP contribution in [0.2, 0.25) is 0 Å². The van der Waals surface area contributed by atoms with Crippen molar-refractivity contribution in [3.63, 3.8) is 0 Å². The van der Waals surface area contributed by atoms with Crippen molar-refractivity contribution in [2.24, 2.45) is 17.3 Å². The molecule has 14 heavy (non-hydrogen) atoms. The zero-order valence-electron chi connectivity index (χ0n) is 9.83. The Morgan fingerprint density at radius 3 is 2.00 bits per heavy atom. The number of hydrogen-bond acceptors (Lipinski definition) is 3. The Labute approximate surface area is 86.5 Å². The Balaban J connectivity index is 4.57. The van der Waals surface area contributed by atoms with Crippen LogP contribution in [0, 0.1) is 17.3 Å². The average Bonchev–Trinajstić information content (AvgIpc) is 2.11. The molecule has 0 rings (SSSR count). The van der Waals surface area contributed by atoms with Crippen LogP contribution in [0.5, 0.6) is 0 Å². The van der Waals surface area contributed by atoms with Crippen LogP contribution in [-0.4, -0.2) is 24.3 Å². The minimum atomic E-state index is -0.463. The lowest BCUT2D eigenvalue weighted by atomic mass is 9.70. The molecule has 0 aromatic carbocycles. The van der Waals surface area contributed by atoms with Crippen LogP contribution in [0.1, 0.15) is 34.6 Å². The summed E-state index contributed by atoms with van der Waals surface area (Å²) in [4.78, 5) is 11.8. The fraction of sp³-hybridized carbons (Fsp3) is 0.909. The molecule has 1 N–H and O–H groups in total. The number of hydrogen-bond donors (Lipinski definition) is 1. The van der Waals surface area contributed by atoms with Gasteiger partial charge < -0.3 is 9.84 Å². The summed E-state index contributed by atoms with van der Waals surface area (Å²) in [5.41, 5.74) is -0.463. The maximum absolute atomic E-state index is 11.8. The van der Waals surface area contributed by atoms with E-state index in [9.17, 15) is 4.79 Å². The van der Waals surface area contributed by atoms with Crippen LogP contribution in [0.4, 0.5) is 0 Å². The first kappa shape index (κ1) is 13.4. The summed E-state index contributed by atoms with van der Waals surface area (Å²) < 4.78 is 4.99. The average molecular weight is 202 g/mol. The third-order valence-electron chi connectivity index (χ3n) is 3.16. The molecule has 84 valence electrons. The Morgan fingerprint density at radius 1 is 1.29 bits per heavy atom. The Bertz CT molecular complexity index is 177. The van der Waals surface area contributed by atoms with E-state index in [-0.39, 0.29) is 31.0 Å². The van der Waals surface area contributed by atoms with Crippen molar-refractivity contribution in [1.29, 1.82) is 0 Å². The molecule has 0 bridgehead atoms. The highest BCUT2D eigenvalue weighted by Crippen LogP contribution is 2.36. The number of ether oxygens (including phenoxy) is 1. The fourth-order valence-electron chi connectivity index (χ4n) is 1.43. The van der Waals surface area contributed by atoms with Crippen LogP contribution >= 0.6 is 0 Å². The predicted octanol–water partition coefficient (Wildman–Crippen LogP) is 1.84. The van der Waals surface area contributed by atoms with Crippen molar-refractivity contribution in [2.45, 2.75) is 34.6 Å². The molecule has 0 aliphatic carbocycles. The van der Waals surface area contributed by atoms with Gasteiger partial charge in [0.15, 0.2) is 0 Å². The predicted molar refractivity (Wildman–Crippen MR) is 55.8 cm³/mol. The first-order chi connectivity index (χ1) is 6.37. The first-order valence-electron chi connectivity index (χ1n) is 5.15. The number of aliphatic hydroxyl groups excluding tert-OH is 1. The maximum atomic E-state index is 11.8. The van der Waals surface area contributed by atoms with Crippen LogP contribution < -0.4 is 0 Å². The molecule has 0 aliphatic rings. The van der Waals surface area contributed by atoms with E-state index in [1.165, 1.54) is 0 Å². The minimum absolute atomic E-state index is 0.0911. The minimum Gasteiger partial charge on any atom is -0.463 e. The molecule has 0 aromatic rings. The second-order valence-electron chi connectivity index (χ2n) is 4.45. The highest BCUT2D eigenvalue weighted by Gasteiger charge is 2.40. The van der Waals surface area contributed by atoms with Gasteiger partial charge in [0.25, 0.3) is 0 Å². The molecule has 0 heterocycles. The molecule has 0 aromatic heterocycles. The largest absolute Gasteiger partial charge is 0.463 e. The SMILES string of the molecule is CC(C)C(C)(C(=O)OCCO)C(C)C.